The molecule has 0 aliphatic carbocycles. The second-order valence-electron chi connectivity index (χ2n) is 5.29. The van der Waals surface area contributed by atoms with Gasteiger partial charge in [-0.05, 0) is 55.0 Å². The number of hydrogen-bond donors (Lipinski definition) is 4. The average Bonchev–Trinajstić information content (AvgIpc) is 2.62. The fourth-order valence-electron chi connectivity index (χ4n) is 2.10. The summed E-state index contributed by atoms with van der Waals surface area (Å²) < 4.78 is 0. The van der Waals surface area contributed by atoms with E-state index < -0.39 is 0 Å². The van der Waals surface area contributed by atoms with E-state index in [-0.39, 0.29) is 23.5 Å². The van der Waals surface area contributed by atoms with E-state index in [1.807, 2.05) is 0 Å². The molecule has 0 radical (unpaired) electrons. The quantitative estimate of drug-likeness (QED) is 0.449. The molecule has 2 rings (SSSR count). The van der Waals surface area contributed by atoms with Crippen molar-refractivity contribution >= 4 is 46.4 Å². The molecule has 6 nitrogen and oxygen atoms in total. The molecule has 0 saturated heterocycles. The fraction of sp³-hybridized carbons (Fsp3) is 0.167. The third-order valence-corrected chi connectivity index (χ3v) is 3.83. The van der Waals surface area contributed by atoms with Crippen LogP contribution in [0.4, 0.5) is 5.69 Å². The zero-order chi connectivity index (χ0) is 18.9. The minimum atomic E-state index is -0.385. The topological polar surface area (TPSA) is 90.5 Å². The molecule has 0 aliphatic heterocycles. The Bertz CT molecular complexity index is 797. The number of aliphatic hydroxyl groups is 1. The molecule has 0 atom stereocenters. The minimum Gasteiger partial charge on any atom is -0.396 e. The lowest BCUT2D eigenvalue weighted by Gasteiger charge is -2.13. The molecule has 8 heteroatoms. The molecule has 0 saturated carbocycles. The molecule has 0 unspecified atom stereocenters. The molecule has 2 amide bonds. The third kappa shape index (κ3) is 5.80. The number of halogens is 1. The summed E-state index contributed by atoms with van der Waals surface area (Å²) in [4.78, 5) is 24.4. The standard InChI is InChI=1S/C18H18ClN3O3S/c19-13-8-6-12(7-9-13)16(24)22-18(26)21-15-5-2-1-4-14(15)17(25)20-10-3-11-23/h1-2,4-9,23H,3,10-11H2,(H,20,25)(H2,21,22,24,26). The minimum absolute atomic E-state index is 0.000985. The SMILES string of the molecule is O=C(NC(=S)Nc1ccccc1C(=O)NCCCO)c1ccc(Cl)cc1. The number of rotatable bonds is 6. The van der Waals surface area contributed by atoms with Gasteiger partial charge in [0.25, 0.3) is 11.8 Å². The third-order valence-electron chi connectivity index (χ3n) is 3.37. The van der Waals surface area contributed by atoms with Crippen molar-refractivity contribution in [2.24, 2.45) is 0 Å². The number of carbonyl (C=O) groups is 2. The molecule has 0 heterocycles. The molecular weight excluding hydrogens is 374 g/mol. The molecular formula is C18H18ClN3O3S. The van der Waals surface area contributed by atoms with Gasteiger partial charge in [-0.25, -0.2) is 0 Å². The van der Waals surface area contributed by atoms with Crippen molar-refractivity contribution < 1.29 is 14.7 Å². The molecule has 136 valence electrons. The molecule has 26 heavy (non-hydrogen) atoms. The van der Waals surface area contributed by atoms with Crippen LogP contribution in [0.15, 0.2) is 48.5 Å². The van der Waals surface area contributed by atoms with E-state index in [0.717, 1.165) is 0 Å². The predicted octanol–water partition coefficient (Wildman–Crippen LogP) is 2.58. The van der Waals surface area contributed by atoms with Gasteiger partial charge in [0.05, 0.1) is 11.3 Å². The van der Waals surface area contributed by atoms with Crippen molar-refractivity contribution in [3.05, 3.63) is 64.7 Å². The smallest absolute Gasteiger partial charge is 0.257 e. The maximum absolute atomic E-state index is 12.2. The van der Waals surface area contributed by atoms with Gasteiger partial charge in [0, 0.05) is 23.7 Å². The zero-order valence-electron chi connectivity index (χ0n) is 13.8. The Hall–Kier alpha value is -2.48. The van der Waals surface area contributed by atoms with Crippen LogP contribution in [-0.4, -0.2) is 35.2 Å². The van der Waals surface area contributed by atoms with Gasteiger partial charge in [0.2, 0.25) is 0 Å². The van der Waals surface area contributed by atoms with E-state index in [1.165, 1.54) is 0 Å². The Morgan fingerprint density at radius 3 is 2.42 bits per heavy atom. The number of benzene rings is 2. The molecule has 2 aromatic carbocycles. The fourth-order valence-corrected chi connectivity index (χ4v) is 2.43. The molecule has 0 aliphatic rings. The molecule has 4 N–H and O–H groups in total. The van der Waals surface area contributed by atoms with Crippen LogP contribution in [-0.2, 0) is 0 Å². The van der Waals surface area contributed by atoms with E-state index in [1.54, 1.807) is 48.5 Å². The van der Waals surface area contributed by atoms with Crippen LogP contribution in [0.25, 0.3) is 0 Å². The lowest BCUT2D eigenvalue weighted by atomic mass is 10.1. The van der Waals surface area contributed by atoms with Crippen LogP contribution < -0.4 is 16.0 Å². The summed E-state index contributed by atoms with van der Waals surface area (Å²) >= 11 is 11.0. The van der Waals surface area contributed by atoms with E-state index >= 15 is 0 Å². The Labute approximate surface area is 161 Å². The Balaban J connectivity index is 2.01. The van der Waals surface area contributed by atoms with Crippen molar-refractivity contribution in [3.8, 4) is 0 Å². The monoisotopic (exact) mass is 391 g/mol. The second-order valence-corrected chi connectivity index (χ2v) is 6.14. The van der Waals surface area contributed by atoms with Crippen LogP contribution in [0, 0.1) is 0 Å². The summed E-state index contributed by atoms with van der Waals surface area (Å²) in [6.07, 6.45) is 0.469. The van der Waals surface area contributed by atoms with Gasteiger partial charge < -0.3 is 15.7 Å². The van der Waals surface area contributed by atoms with Gasteiger partial charge in [0.1, 0.15) is 0 Å². The van der Waals surface area contributed by atoms with Crippen molar-refractivity contribution in [3.63, 3.8) is 0 Å². The highest BCUT2D eigenvalue weighted by molar-refractivity contribution is 7.80. The highest BCUT2D eigenvalue weighted by Gasteiger charge is 2.13. The van der Waals surface area contributed by atoms with Gasteiger partial charge in [-0.1, -0.05) is 23.7 Å². The van der Waals surface area contributed by atoms with E-state index in [0.29, 0.717) is 34.8 Å². The predicted molar refractivity (Wildman–Crippen MR) is 106 cm³/mol. The summed E-state index contributed by atoms with van der Waals surface area (Å²) in [6, 6.07) is 13.2. The number of nitrogens with one attached hydrogen (secondary N) is 3. The normalized spacial score (nSPS) is 10.1. The van der Waals surface area contributed by atoms with Crippen molar-refractivity contribution in [1.29, 1.82) is 0 Å². The van der Waals surface area contributed by atoms with Crippen molar-refractivity contribution in [1.82, 2.24) is 10.6 Å². The Morgan fingerprint density at radius 2 is 1.73 bits per heavy atom. The zero-order valence-corrected chi connectivity index (χ0v) is 15.4. The second kappa shape index (κ2) is 9.86. The number of amides is 2. The van der Waals surface area contributed by atoms with E-state index in [2.05, 4.69) is 16.0 Å². The van der Waals surface area contributed by atoms with Crippen LogP contribution in [0.5, 0.6) is 0 Å². The van der Waals surface area contributed by atoms with Gasteiger partial charge in [0.15, 0.2) is 5.11 Å². The summed E-state index contributed by atoms with van der Waals surface area (Å²) in [5, 5.41) is 17.5. The van der Waals surface area contributed by atoms with Crippen LogP contribution in [0.3, 0.4) is 0 Å². The summed E-state index contributed by atoms with van der Waals surface area (Å²) in [5.41, 5.74) is 1.26. The first-order chi connectivity index (χ1) is 12.5. The Morgan fingerprint density at radius 1 is 1.04 bits per heavy atom. The summed E-state index contributed by atoms with van der Waals surface area (Å²) in [6.45, 7) is 0.364. The van der Waals surface area contributed by atoms with Crippen LogP contribution >= 0.6 is 23.8 Å². The first kappa shape index (κ1) is 19.8. The Kier molecular flexibility index (Phi) is 7.53. The molecule has 0 bridgehead atoms. The van der Waals surface area contributed by atoms with Gasteiger partial charge >= 0.3 is 0 Å². The van der Waals surface area contributed by atoms with Gasteiger partial charge in [-0.3, -0.25) is 14.9 Å². The molecule has 2 aromatic rings. The van der Waals surface area contributed by atoms with Crippen LogP contribution in [0.1, 0.15) is 27.1 Å². The van der Waals surface area contributed by atoms with Crippen molar-refractivity contribution in [2.45, 2.75) is 6.42 Å². The number of thiocarbonyl (C=S) groups is 1. The van der Waals surface area contributed by atoms with Gasteiger partial charge in [-0.2, -0.15) is 0 Å². The number of anilines is 1. The first-order valence-electron chi connectivity index (χ1n) is 7.87. The average molecular weight is 392 g/mol. The number of aliphatic hydroxyl groups excluding tert-OH is 1. The number of carbonyl (C=O) groups excluding carboxylic acids is 2. The van der Waals surface area contributed by atoms with E-state index in [4.69, 9.17) is 28.9 Å². The lowest BCUT2D eigenvalue weighted by molar-refractivity contribution is 0.0950. The van der Waals surface area contributed by atoms with E-state index in [9.17, 15) is 9.59 Å². The molecule has 0 aromatic heterocycles. The summed E-state index contributed by atoms with van der Waals surface area (Å²) in [7, 11) is 0. The lowest BCUT2D eigenvalue weighted by Crippen LogP contribution is -2.35. The van der Waals surface area contributed by atoms with Gasteiger partial charge in [-0.15, -0.1) is 0 Å². The number of para-hydroxylation sites is 1. The molecule has 0 fully saturated rings. The highest BCUT2D eigenvalue weighted by Crippen LogP contribution is 2.15. The largest absolute Gasteiger partial charge is 0.396 e. The summed E-state index contributed by atoms with van der Waals surface area (Å²) in [5.74, 6) is -0.683. The van der Waals surface area contributed by atoms with Crippen LogP contribution in [0.2, 0.25) is 5.02 Å². The molecule has 0 spiro atoms. The number of hydrogen-bond acceptors (Lipinski definition) is 4. The maximum atomic E-state index is 12.2. The maximum Gasteiger partial charge on any atom is 0.257 e. The first-order valence-corrected chi connectivity index (χ1v) is 8.66. The highest BCUT2D eigenvalue weighted by atomic mass is 35.5. The van der Waals surface area contributed by atoms with Crippen molar-refractivity contribution in [2.75, 3.05) is 18.5 Å².